The van der Waals surface area contributed by atoms with Gasteiger partial charge in [0, 0.05) is 0 Å². The van der Waals surface area contributed by atoms with Crippen LogP contribution in [-0.4, -0.2) is 5.37 Å². The highest BCUT2D eigenvalue weighted by Gasteiger charge is 2.26. The lowest BCUT2D eigenvalue weighted by Gasteiger charge is -2.32. The van der Waals surface area contributed by atoms with Crippen molar-refractivity contribution in [3.63, 3.8) is 0 Å². The minimum Gasteiger partial charge on any atom is -0.0932 e. The normalized spacial score (nSPS) is 36.1. The standard InChI is InChI=1S/C7H12S/c1-2-6-3-4-7(6)5-8/h5-7H,2-4H2,1H3. The molecule has 0 aromatic heterocycles. The fraction of sp³-hybridized carbons (Fsp3) is 0.857. The lowest BCUT2D eigenvalue weighted by molar-refractivity contribution is 0.246. The fourth-order valence-electron chi connectivity index (χ4n) is 1.28. The van der Waals surface area contributed by atoms with Crippen molar-refractivity contribution in [1.29, 1.82) is 0 Å². The first kappa shape index (κ1) is 6.21. The summed E-state index contributed by atoms with van der Waals surface area (Å²) in [4.78, 5) is 0. The zero-order valence-corrected chi connectivity index (χ0v) is 6.08. The maximum absolute atomic E-state index is 4.84. The summed E-state index contributed by atoms with van der Waals surface area (Å²) in [5.74, 6) is 1.72. The van der Waals surface area contributed by atoms with E-state index in [0.717, 1.165) is 11.8 Å². The van der Waals surface area contributed by atoms with Crippen LogP contribution in [0.4, 0.5) is 0 Å². The number of thiocarbonyl (C=S) groups is 1. The van der Waals surface area contributed by atoms with Crippen LogP contribution in [0.15, 0.2) is 0 Å². The van der Waals surface area contributed by atoms with Crippen molar-refractivity contribution >= 4 is 17.6 Å². The molecule has 0 spiro atoms. The van der Waals surface area contributed by atoms with Crippen LogP contribution < -0.4 is 0 Å². The molecule has 0 bridgehead atoms. The Hall–Kier alpha value is 0.0900. The lowest BCUT2D eigenvalue weighted by Crippen LogP contribution is -2.25. The van der Waals surface area contributed by atoms with E-state index in [1.807, 2.05) is 5.37 Å². The third kappa shape index (κ3) is 0.921. The van der Waals surface area contributed by atoms with Crippen LogP contribution in [-0.2, 0) is 0 Å². The highest BCUT2D eigenvalue weighted by molar-refractivity contribution is 7.79. The van der Waals surface area contributed by atoms with E-state index >= 15 is 0 Å². The molecule has 2 unspecified atom stereocenters. The minimum absolute atomic E-state index is 0.787. The van der Waals surface area contributed by atoms with Gasteiger partial charge in [-0.05, 0) is 30.0 Å². The van der Waals surface area contributed by atoms with Crippen molar-refractivity contribution in [2.24, 2.45) is 11.8 Å². The summed E-state index contributed by atoms with van der Waals surface area (Å²) in [7, 11) is 0. The van der Waals surface area contributed by atoms with Crippen LogP contribution in [0.3, 0.4) is 0 Å². The monoisotopic (exact) mass is 128 g/mol. The average Bonchev–Trinajstić information content (AvgIpc) is 1.66. The molecular weight excluding hydrogens is 116 g/mol. The summed E-state index contributed by atoms with van der Waals surface area (Å²) in [5.41, 5.74) is 0. The molecule has 0 aromatic carbocycles. The summed E-state index contributed by atoms with van der Waals surface area (Å²) in [6.07, 6.45) is 4.08. The largest absolute Gasteiger partial charge is 0.0932 e. The second kappa shape index (κ2) is 2.58. The van der Waals surface area contributed by atoms with Gasteiger partial charge in [-0.15, -0.1) is 0 Å². The van der Waals surface area contributed by atoms with Gasteiger partial charge in [0.15, 0.2) is 0 Å². The first-order chi connectivity index (χ1) is 3.88. The summed E-state index contributed by atoms with van der Waals surface area (Å²) in [6.45, 7) is 2.25. The quantitative estimate of drug-likeness (QED) is 0.515. The van der Waals surface area contributed by atoms with Crippen LogP contribution in [0.1, 0.15) is 26.2 Å². The molecule has 0 radical (unpaired) electrons. The fourth-order valence-corrected chi connectivity index (χ4v) is 1.64. The third-order valence-corrected chi connectivity index (χ3v) is 2.53. The molecule has 46 valence electrons. The van der Waals surface area contributed by atoms with Gasteiger partial charge in [0.05, 0.1) is 0 Å². The third-order valence-electron chi connectivity index (χ3n) is 2.18. The molecule has 0 N–H and O–H groups in total. The van der Waals surface area contributed by atoms with Gasteiger partial charge in [-0.25, -0.2) is 0 Å². The lowest BCUT2D eigenvalue weighted by atomic mass is 9.73. The van der Waals surface area contributed by atoms with Crippen LogP contribution in [0.25, 0.3) is 0 Å². The molecule has 0 nitrogen and oxygen atoms in total. The Bertz CT molecular complexity index is 86.4. The average molecular weight is 128 g/mol. The SMILES string of the molecule is CCC1CCC1C=S. The molecule has 0 aliphatic heterocycles. The van der Waals surface area contributed by atoms with Crippen LogP contribution >= 0.6 is 12.2 Å². The summed E-state index contributed by atoms with van der Waals surface area (Å²) in [5, 5.41) is 1.94. The van der Waals surface area contributed by atoms with Crippen LogP contribution in [0.2, 0.25) is 0 Å². The molecule has 2 atom stereocenters. The van der Waals surface area contributed by atoms with Crippen molar-refractivity contribution in [1.82, 2.24) is 0 Å². The number of hydrogen-bond acceptors (Lipinski definition) is 1. The first-order valence-corrected chi connectivity index (χ1v) is 3.81. The molecule has 1 aliphatic carbocycles. The maximum atomic E-state index is 4.84. The van der Waals surface area contributed by atoms with Crippen molar-refractivity contribution in [2.75, 3.05) is 0 Å². The molecule has 1 aliphatic rings. The minimum atomic E-state index is 0.787. The highest BCUT2D eigenvalue weighted by atomic mass is 32.1. The Morgan fingerprint density at radius 1 is 1.62 bits per heavy atom. The van der Waals surface area contributed by atoms with Crippen LogP contribution in [0.5, 0.6) is 0 Å². The Balaban J connectivity index is 2.26. The molecular formula is C7H12S. The molecule has 0 aromatic rings. The predicted octanol–water partition coefficient (Wildman–Crippen LogP) is 2.42. The number of rotatable bonds is 2. The summed E-state index contributed by atoms with van der Waals surface area (Å²) < 4.78 is 0. The Morgan fingerprint density at radius 2 is 2.38 bits per heavy atom. The number of hydrogen-bond donors (Lipinski definition) is 0. The van der Waals surface area contributed by atoms with Crippen molar-refractivity contribution in [3.8, 4) is 0 Å². The van der Waals surface area contributed by atoms with Gasteiger partial charge in [0.1, 0.15) is 0 Å². The van der Waals surface area contributed by atoms with Gasteiger partial charge >= 0.3 is 0 Å². The maximum Gasteiger partial charge on any atom is -0.0100 e. The van der Waals surface area contributed by atoms with Crippen LogP contribution in [0, 0.1) is 11.8 Å². The molecule has 1 rings (SSSR count). The van der Waals surface area contributed by atoms with E-state index < -0.39 is 0 Å². The molecule has 8 heavy (non-hydrogen) atoms. The zero-order chi connectivity index (χ0) is 5.98. The van der Waals surface area contributed by atoms with Crippen molar-refractivity contribution in [2.45, 2.75) is 26.2 Å². The Labute approximate surface area is 56.3 Å². The first-order valence-electron chi connectivity index (χ1n) is 3.33. The van der Waals surface area contributed by atoms with Gasteiger partial charge in [-0.2, -0.15) is 0 Å². The molecule has 1 fully saturated rings. The van der Waals surface area contributed by atoms with E-state index in [9.17, 15) is 0 Å². The molecule has 0 heterocycles. The van der Waals surface area contributed by atoms with E-state index in [4.69, 9.17) is 12.2 Å². The molecule has 1 saturated carbocycles. The van der Waals surface area contributed by atoms with Crippen molar-refractivity contribution in [3.05, 3.63) is 0 Å². The van der Waals surface area contributed by atoms with Crippen molar-refractivity contribution < 1.29 is 0 Å². The van der Waals surface area contributed by atoms with E-state index in [1.54, 1.807) is 0 Å². The molecule has 1 heteroatoms. The molecule has 0 saturated heterocycles. The smallest absolute Gasteiger partial charge is 0.0100 e. The second-order valence-corrected chi connectivity index (χ2v) is 2.82. The summed E-state index contributed by atoms with van der Waals surface area (Å²) >= 11 is 4.84. The Kier molecular flexibility index (Phi) is 2.01. The van der Waals surface area contributed by atoms with E-state index in [2.05, 4.69) is 6.92 Å². The van der Waals surface area contributed by atoms with Gasteiger partial charge in [-0.1, -0.05) is 25.6 Å². The van der Waals surface area contributed by atoms with Gasteiger partial charge in [0.2, 0.25) is 0 Å². The van der Waals surface area contributed by atoms with E-state index in [1.165, 1.54) is 19.3 Å². The van der Waals surface area contributed by atoms with E-state index in [-0.39, 0.29) is 0 Å². The van der Waals surface area contributed by atoms with Gasteiger partial charge in [0.25, 0.3) is 0 Å². The second-order valence-electron chi connectivity index (χ2n) is 2.55. The van der Waals surface area contributed by atoms with Gasteiger partial charge < -0.3 is 0 Å². The summed E-state index contributed by atoms with van der Waals surface area (Å²) in [6, 6.07) is 0. The van der Waals surface area contributed by atoms with Gasteiger partial charge in [-0.3, -0.25) is 0 Å². The van der Waals surface area contributed by atoms with E-state index in [0.29, 0.717) is 0 Å². The molecule has 0 amide bonds. The zero-order valence-electron chi connectivity index (χ0n) is 5.26. The topological polar surface area (TPSA) is 0 Å². The Morgan fingerprint density at radius 3 is 2.50 bits per heavy atom. The highest BCUT2D eigenvalue weighted by Crippen LogP contribution is 2.34. The predicted molar refractivity (Wildman–Crippen MR) is 40.2 cm³/mol.